The number of aromatic nitrogens is 1. The van der Waals surface area contributed by atoms with E-state index < -0.39 is 0 Å². The second-order valence-electron chi connectivity index (χ2n) is 10.6. The summed E-state index contributed by atoms with van der Waals surface area (Å²) >= 11 is 0. The Morgan fingerprint density at radius 1 is 1.13 bits per heavy atom. The van der Waals surface area contributed by atoms with Crippen LogP contribution in [-0.4, -0.2) is 80.2 Å². The van der Waals surface area contributed by atoms with E-state index in [4.69, 9.17) is 4.98 Å². The van der Waals surface area contributed by atoms with Crippen molar-refractivity contribution in [3.8, 4) is 0 Å². The van der Waals surface area contributed by atoms with Gasteiger partial charge >= 0.3 is 0 Å². The number of rotatable bonds is 11. The third-order valence-corrected chi connectivity index (χ3v) is 7.64. The largest absolute Gasteiger partial charge is 0.369 e. The van der Waals surface area contributed by atoms with Crippen LogP contribution in [0.15, 0.2) is 55.3 Å². The first-order valence-corrected chi connectivity index (χ1v) is 14.1. The monoisotopic (exact) mass is 522 g/mol. The van der Waals surface area contributed by atoms with Crippen molar-refractivity contribution in [3.05, 3.63) is 61.1 Å². The molecule has 7 nitrogen and oxygen atoms in total. The Hall–Kier alpha value is -3.13. The highest BCUT2D eigenvalue weighted by Gasteiger charge is 2.29. The van der Waals surface area contributed by atoms with Crippen LogP contribution in [0.5, 0.6) is 0 Å². The maximum atomic E-state index is 13.9. The molecule has 0 spiro atoms. The molecule has 1 amide bonds. The van der Waals surface area contributed by atoms with Gasteiger partial charge in [-0.3, -0.25) is 9.69 Å². The van der Waals surface area contributed by atoms with Crippen LogP contribution < -0.4 is 20.0 Å². The fraction of sp³-hybridized carbons (Fsp3) is 0.533. The molecule has 0 unspecified atom stereocenters. The summed E-state index contributed by atoms with van der Waals surface area (Å²) in [7, 11) is 0. The minimum Gasteiger partial charge on any atom is -0.369 e. The van der Waals surface area contributed by atoms with Gasteiger partial charge in [-0.2, -0.15) is 0 Å². The lowest BCUT2D eigenvalue weighted by Gasteiger charge is -2.43. The van der Waals surface area contributed by atoms with Gasteiger partial charge in [-0.05, 0) is 76.4 Å². The standard InChI is InChI=1S/C30H43FN6O/c1-4-30(38)33-13-5-6-15-34-17-19-35(20-18-34)27-12-14-32-29(22-27)37(24(2)3)28-11-8-16-36(23-28)26-10-7-9-25(31)21-26/h4,7,9-10,12,14,21-22,24,28H,1,5-6,8,11,13,15-20,23H2,2-3H3,(H,33,38)/t28-/m1/s1. The number of piperidine rings is 1. The predicted molar refractivity (Wildman–Crippen MR) is 155 cm³/mol. The maximum Gasteiger partial charge on any atom is 0.243 e. The molecule has 4 rings (SSSR count). The van der Waals surface area contributed by atoms with Gasteiger partial charge in [-0.1, -0.05) is 12.6 Å². The van der Waals surface area contributed by atoms with Crippen LogP contribution in [0.3, 0.4) is 0 Å². The molecule has 0 radical (unpaired) electrons. The molecule has 0 bridgehead atoms. The van der Waals surface area contributed by atoms with E-state index in [0.29, 0.717) is 18.6 Å². The van der Waals surface area contributed by atoms with Crippen molar-refractivity contribution in [1.29, 1.82) is 0 Å². The van der Waals surface area contributed by atoms with E-state index in [2.05, 4.69) is 57.5 Å². The molecule has 1 aromatic heterocycles. The lowest BCUT2D eigenvalue weighted by atomic mass is 10.0. The average molecular weight is 523 g/mol. The normalized spacial score (nSPS) is 18.5. The Kier molecular flexibility index (Phi) is 9.98. The van der Waals surface area contributed by atoms with E-state index in [1.807, 2.05) is 12.3 Å². The van der Waals surface area contributed by atoms with Gasteiger partial charge in [0.15, 0.2) is 0 Å². The number of amides is 1. The zero-order valence-corrected chi connectivity index (χ0v) is 23.0. The van der Waals surface area contributed by atoms with Crippen LogP contribution in [0, 0.1) is 5.82 Å². The summed E-state index contributed by atoms with van der Waals surface area (Å²) in [4.78, 5) is 25.8. The van der Waals surface area contributed by atoms with Crippen molar-refractivity contribution in [2.75, 3.05) is 67.1 Å². The van der Waals surface area contributed by atoms with Gasteiger partial charge in [0.2, 0.25) is 5.91 Å². The fourth-order valence-electron chi connectivity index (χ4n) is 5.68. The Balaban J connectivity index is 1.34. The quantitative estimate of drug-likeness (QED) is 0.351. The van der Waals surface area contributed by atoms with E-state index in [1.54, 1.807) is 12.1 Å². The zero-order chi connectivity index (χ0) is 26.9. The van der Waals surface area contributed by atoms with Gasteiger partial charge in [-0.25, -0.2) is 9.37 Å². The molecule has 2 aromatic rings. The number of piperazine rings is 1. The summed E-state index contributed by atoms with van der Waals surface area (Å²) in [5.41, 5.74) is 2.18. The predicted octanol–water partition coefficient (Wildman–Crippen LogP) is 4.31. The summed E-state index contributed by atoms with van der Waals surface area (Å²) in [6.45, 7) is 15.6. The Labute approximate surface area is 227 Å². The van der Waals surface area contributed by atoms with Gasteiger partial charge in [0.25, 0.3) is 0 Å². The second kappa shape index (κ2) is 13.6. The smallest absolute Gasteiger partial charge is 0.243 e. The molecule has 38 heavy (non-hydrogen) atoms. The van der Waals surface area contributed by atoms with E-state index in [0.717, 1.165) is 83.0 Å². The van der Waals surface area contributed by atoms with Gasteiger partial charge in [0, 0.05) is 81.5 Å². The van der Waals surface area contributed by atoms with Gasteiger partial charge in [0.05, 0.1) is 0 Å². The minimum absolute atomic E-state index is 0.0984. The highest BCUT2D eigenvalue weighted by Crippen LogP contribution is 2.29. The van der Waals surface area contributed by atoms with E-state index in [1.165, 1.54) is 17.8 Å². The number of carbonyl (C=O) groups is 1. The van der Waals surface area contributed by atoms with Crippen LogP contribution >= 0.6 is 0 Å². The summed E-state index contributed by atoms with van der Waals surface area (Å²) in [6.07, 6.45) is 7.50. The number of unbranched alkanes of at least 4 members (excludes halogenated alkanes) is 1. The number of hydrogen-bond donors (Lipinski definition) is 1. The molecule has 2 aliphatic heterocycles. The van der Waals surface area contributed by atoms with Crippen LogP contribution in [0.2, 0.25) is 0 Å². The van der Waals surface area contributed by atoms with Crippen LogP contribution in [-0.2, 0) is 4.79 Å². The molecule has 0 aliphatic carbocycles. The van der Waals surface area contributed by atoms with Crippen molar-refractivity contribution in [2.45, 2.75) is 51.6 Å². The number of carbonyl (C=O) groups excluding carboxylic acids is 1. The number of hydrogen-bond acceptors (Lipinski definition) is 6. The van der Waals surface area contributed by atoms with Crippen molar-refractivity contribution in [3.63, 3.8) is 0 Å². The lowest BCUT2D eigenvalue weighted by molar-refractivity contribution is -0.116. The van der Waals surface area contributed by atoms with E-state index in [-0.39, 0.29) is 11.7 Å². The number of benzene rings is 1. The van der Waals surface area contributed by atoms with Crippen LogP contribution in [0.1, 0.15) is 39.5 Å². The Morgan fingerprint density at radius 3 is 2.66 bits per heavy atom. The summed E-state index contributed by atoms with van der Waals surface area (Å²) in [5.74, 6) is 0.739. The molecule has 1 atom stereocenters. The van der Waals surface area contributed by atoms with E-state index in [9.17, 15) is 9.18 Å². The molecule has 3 heterocycles. The third-order valence-electron chi connectivity index (χ3n) is 7.64. The highest BCUT2D eigenvalue weighted by atomic mass is 19.1. The van der Waals surface area contributed by atoms with Crippen molar-refractivity contribution in [1.82, 2.24) is 15.2 Å². The first-order valence-electron chi connectivity index (χ1n) is 14.1. The van der Waals surface area contributed by atoms with Gasteiger partial charge in [-0.15, -0.1) is 0 Å². The van der Waals surface area contributed by atoms with Crippen molar-refractivity contribution < 1.29 is 9.18 Å². The van der Waals surface area contributed by atoms with Crippen LogP contribution in [0.4, 0.5) is 21.6 Å². The van der Waals surface area contributed by atoms with Gasteiger partial charge in [0.1, 0.15) is 11.6 Å². The van der Waals surface area contributed by atoms with E-state index >= 15 is 0 Å². The first kappa shape index (κ1) is 27.9. The molecule has 2 fully saturated rings. The molecular weight excluding hydrogens is 479 g/mol. The summed E-state index contributed by atoms with van der Waals surface area (Å²) < 4.78 is 13.9. The minimum atomic E-state index is -0.184. The lowest BCUT2D eigenvalue weighted by Crippen LogP contribution is -2.51. The van der Waals surface area contributed by atoms with Crippen LogP contribution in [0.25, 0.3) is 0 Å². The molecule has 1 aromatic carbocycles. The van der Waals surface area contributed by atoms with Crippen molar-refractivity contribution in [2.24, 2.45) is 0 Å². The molecule has 8 heteroatoms. The summed E-state index contributed by atoms with van der Waals surface area (Å²) in [5, 5.41) is 2.85. The number of pyridine rings is 1. The highest BCUT2D eigenvalue weighted by molar-refractivity contribution is 5.86. The Bertz CT molecular complexity index is 1050. The number of anilines is 3. The molecule has 2 aliphatic rings. The SMILES string of the molecule is C=CC(=O)NCCCCN1CCN(c2ccnc(N(C(C)C)[C@@H]3CCCN(c4cccc(F)c4)C3)c2)CC1. The first-order chi connectivity index (χ1) is 18.4. The number of nitrogens with zero attached hydrogens (tertiary/aromatic N) is 5. The topological polar surface area (TPSA) is 55.0 Å². The van der Waals surface area contributed by atoms with Crippen molar-refractivity contribution >= 4 is 23.1 Å². The zero-order valence-electron chi connectivity index (χ0n) is 23.0. The van der Waals surface area contributed by atoms with Gasteiger partial charge < -0.3 is 20.0 Å². The fourth-order valence-corrected chi connectivity index (χ4v) is 5.68. The average Bonchev–Trinajstić information content (AvgIpc) is 2.93. The maximum absolute atomic E-state index is 13.9. The summed E-state index contributed by atoms with van der Waals surface area (Å²) in [6, 6.07) is 12.0. The molecule has 0 saturated carbocycles. The number of halogens is 1. The number of nitrogens with one attached hydrogen (secondary N) is 1. The molecule has 2 saturated heterocycles. The molecular formula is C30H43FN6O. The second-order valence-corrected chi connectivity index (χ2v) is 10.6. The molecule has 206 valence electrons. The Morgan fingerprint density at radius 2 is 1.92 bits per heavy atom. The molecule has 1 N–H and O–H groups in total. The third kappa shape index (κ3) is 7.47.